The first-order chi connectivity index (χ1) is 14.3. The van der Waals surface area contributed by atoms with Crippen LogP contribution in [0.15, 0.2) is 66.7 Å². The van der Waals surface area contributed by atoms with E-state index in [9.17, 15) is 4.89 Å². The van der Waals surface area contributed by atoms with Crippen molar-refractivity contribution in [1.29, 1.82) is 0 Å². The van der Waals surface area contributed by atoms with Gasteiger partial charge < -0.3 is 9.42 Å². The topological polar surface area (TPSA) is 29.5 Å². The molecule has 2 nitrogen and oxygen atoms in total. The summed E-state index contributed by atoms with van der Waals surface area (Å²) in [4.78, 5) is 9.58. The van der Waals surface area contributed by atoms with Gasteiger partial charge in [-0.1, -0.05) is 87.4 Å². The zero-order valence-electron chi connectivity index (χ0n) is 17.4. The van der Waals surface area contributed by atoms with Crippen LogP contribution in [0.3, 0.4) is 0 Å². The molecule has 1 unspecified atom stereocenters. The Morgan fingerprint density at radius 3 is 1.93 bits per heavy atom. The molecule has 0 fully saturated rings. The summed E-state index contributed by atoms with van der Waals surface area (Å²) in [6.07, 6.45) is 6.76. The van der Waals surface area contributed by atoms with Crippen LogP contribution in [0.4, 0.5) is 0 Å². The second kappa shape index (κ2) is 11.1. The highest BCUT2D eigenvalue weighted by Gasteiger charge is 2.19. The van der Waals surface area contributed by atoms with Crippen molar-refractivity contribution >= 4 is 9.03 Å². The van der Waals surface area contributed by atoms with Crippen LogP contribution in [0.25, 0.3) is 22.3 Å². The fraction of sp³-hybridized carbons (Fsp3) is 0.308. The minimum atomic E-state index is -0.574. The lowest BCUT2D eigenvalue weighted by Gasteiger charge is -2.21. The molecule has 0 saturated carbocycles. The van der Waals surface area contributed by atoms with Crippen LogP contribution in [0.5, 0.6) is 5.75 Å². The van der Waals surface area contributed by atoms with Gasteiger partial charge in [0.1, 0.15) is 5.75 Å². The van der Waals surface area contributed by atoms with E-state index in [-0.39, 0.29) is 0 Å². The van der Waals surface area contributed by atoms with Gasteiger partial charge in [0.2, 0.25) is 9.03 Å². The first-order valence-corrected chi connectivity index (χ1v) is 11.5. The monoisotopic (exact) mass is 406 g/mol. The lowest BCUT2D eigenvalue weighted by Crippen LogP contribution is -2.00. The molecule has 0 radical (unpaired) electrons. The van der Waals surface area contributed by atoms with Crippen LogP contribution in [0, 0.1) is 0 Å². The summed E-state index contributed by atoms with van der Waals surface area (Å²) in [5.74, 6) is 0.758. The highest BCUT2D eigenvalue weighted by molar-refractivity contribution is 7.25. The van der Waals surface area contributed by atoms with E-state index in [1.54, 1.807) is 0 Å². The number of rotatable bonds is 10. The molecule has 29 heavy (non-hydrogen) atoms. The third-order valence-corrected chi connectivity index (χ3v) is 5.66. The zero-order chi connectivity index (χ0) is 20.5. The van der Waals surface area contributed by atoms with Crippen molar-refractivity contribution in [1.82, 2.24) is 0 Å². The first kappa shape index (κ1) is 21.6. The predicted octanol–water partition coefficient (Wildman–Crippen LogP) is 7.59. The van der Waals surface area contributed by atoms with Crippen molar-refractivity contribution in [3.63, 3.8) is 0 Å². The maximum absolute atomic E-state index is 9.58. The van der Waals surface area contributed by atoms with E-state index in [4.69, 9.17) is 4.52 Å². The van der Waals surface area contributed by atoms with E-state index < -0.39 is 9.03 Å². The van der Waals surface area contributed by atoms with Crippen LogP contribution in [0.2, 0.25) is 0 Å². The maximum atomic E-state index is 9.58. The summed E-state index contributed by atoms with van der Waals surface area (Å²) < 4.78 is 5.76. The highest BCUT2D eigenvalue weighted by Crippen LogP contribution is 2.44. The number of aryl methyl sites for hydroxylation is 2. The van der Waals surface area contributed by atoms with Gasteiger partial charge in [0.25, 0.3) is 0 Å². The Kier molecular flexibility index (Phi) is 8.28. The van der Waals surface area contributed by atoms with Gasteiger partial charge >= 0.3 is 0 Å². The molecular weight excluding hydrogens is 375 g/mol. The molecule has 3 aromatic rings. The largest absolute Gasteiger partial charge is 0.449 e. The zero-order valence-corrected chi connectivity index (χ0v) is 18.4. The molecular formula is C26H31O2P. The summed E-state index contributed by atoms with van der Waals surface area (Å²) in [5.41, 5.74) is 7.47. The summed E-state index contributed by atoms with van der Waals surface area (Å²) in [5, 5.41) is 0. The molecule has 0 spiro atoms. The lowest BCUT2D eigenvalue weighted by molar-refractivity contribution is 0.515. The third-order valence-electron chi connectivity index (χ3n) is 5.35. The Morgan fingerprint density at radius 2 is 1.34 bits per heavy atom. The SMILES string of the molecule is CCCCc1cccc(CCCC)c1-c1c(OPO)cccc1-c1ccccc1. The van der Waals surface area contributed by atoms with Gasteiger partial charge in [-0.05, 0) is 59.6 Å². The molecule has 3 rings (SSSR count). The molecule has 3 heteroatoms. The van der Waals surface area contributed by atoms with E-state index >= 15 is 0 Å². The number of hydrogen-bond acceptors (Lipinski definition) is 2. The molecule has 0 aromatic heterocycles. The highest BCUT2D eigenvalue weighted by atomic mass is 31.1. The van der Waals surface area contributed by atoms with Crippen molar-refractivity contribution in [2.75, 3.05) is 0 Å². The number of hydrogen-bond donors (Lipinski definition) is 1. The van der Waals surface area contributed by atoms with Crippen LogP contribution in [0.1, 0.15) is 50.7 Å². The Balaban J connectivity index is 2.27. The second-order valence-corrected chi connectivity index (χ2v) is 7.78. The van der Waals surface area contributed by atoms with Crippen molar-refractivity contribution in [2.24, 2.45) is 0 Å². The third kappa shape index (κ3) is 5.26. The van der Waals surface area contributed by atoms with E-state index in [1.807, 2.05) is 18.2 Å². The minimum Gasteiger partial charge on any atom is -0.449 e. The average Bonchev–Trinajstić information content (AvgIpc) is 2.77. The molecule has 1 N–H and O–H groups in total. The first-order valence-electron chi connectivity index (χ1n) is 10.7. The van der Waals surface area contributed by atoms with Gasteiger partial charge in [-0.25, -0.2) is 0 Å². The summed E-state index contributed by atoms with van der Waals surface area (Å²) in [6.45, 7) is 4.47. The summed E-state index contributed by atoms with van der Waals surface area (Å²) in [7, 11) is -0.574. The van der Waals surface area contributed by atoms with E-state index in [0.29, 0.717) is 0 Å². The summed E-state index contributed by atoms with van der Waals surface area (Å²) in [6, 6.07) is 23.3. The molecule has 0 aliphatic carbocycles. The Labute approximate surface area is 176 Å². The van der Waals surface area contributed by atoms with Crippen molar-refractivity contribution in [3.8, 4) is 28.0 Å². The fourth-order valence-electron chi connectivity index (χ4n) is 3.91. The van der Waals surface area contributed by atoms with Crippen LogP contribution >= 0.6 is 9.03 Å². The molecule has 0 saturated heterocycles. The van der Waals surface area contributed by atoms with E-state index in [0.717, 1.165) is 42.6 Å². The summed E-state index contributed by atoms with van der Waals surface area (Å²) >= 11 is 0. The average molecular weight is 407 g/mol. The molecule has 0 heterocycles. The molecule has 3 aromatic carbocycles. The standard InChI is InChI=1S/C26H31O2P/c1-3-5-12-21-16-10-17-22(13-6-4-2)25(21)26-23(20-14-8-7-9-15-20)18-11-19-24(26)28-29-27/h7-11,14-19,27,29H,3-6,12-13H2,1-2H3. The van der Waals surface area contributed by atoms with Crippen LogP contribution in [-0.2, 0) is 12.8 Å². The Hall–Kier alpha value is -2.15. The van der Waals surface area contributed by atoms with Crippen molar-refractivity contribution in [2.45, 2.75) is 52.4 Å². The van der Waals surface area contributed by atoms with Gasteiger partial charge in [0.05, 0.1) is 0 Å². The van der Waals surface area contributed by atoms with Gasteiger partial charge in [-0.2, -0.15) is 0 Å². The van der Waals surface area contributed by atoms with Crippen molar-refractivity contribution < 1.29 is 9.42 Å². The minimum absolute atomic E-state index is 0.574. The van der Waals surface area contributed by atoms with Gasteiger partial charge in [0, 0.05) is 5.56 Å². The molecule has 0 bridgehead atoms. The number of unbranched alkanes of at least 4 members (excludes halogenated alkanes) is 2. The molecule has 1 atom stereocenters. The van der Waals surface area contributed by atoms with Crippen LogP contribution in [-0.4, -0.2) is 4.89 Å². The van der Waals surface area contributed by atoms with E-state index in [1.165, 1.54) is 35.1 Å². The fourth-order valence-corrected chi connectivity index (χ4v) is 4.18. The van der Waals surface area contributed by atoms with Crippen LogP contribution < -0.4 is 4.52 Å². The molecule has 0 aliphatic rings. The molecule has 152 valence electrons. The lowest BCUT2D eigenvalue weighted by atomic mass is 9.85. The normalized spacial score (nSPS) is 11.3. The van der Waals surface area contributed by atoms with Gasteiger partial charge in [-0.3, -0.25) is 0 Å². The number of benzene rings is 3. The molecule has 0 amide bonds. The maximum Gasteiger partial charge on any atom is 0.212 e. The molecule has 0 aliphatic heterocycles. The quantitative estimate of drug-likeness (QED) is 0.352. The second-order valence-electron chi connectivity index (χ2n) is 7.40. The van der Waals surface area contributed by atoms with E-state index in [2.05, 4.69) is 62.4 Å². The smallest absolute Gasteiger partial charge is 0.212 e. The predicted molar refractivity (Wildman–Crippen MR) is 126 cm³/mol. The van der Waals surface area contributed by atoms with Gasteiger partial charge in [0.15, 0.2) is 0 Å². The Bertz CT molecular complexity index is 880. The van der Waals surface area contributed by atoms with Crippen molar-refractivity contribution in [3.05, 3.63) is 77.9 Å². The van der Waals surface area contributed by atoms with Gasteiger partial charge in [-0.15, -0.1) is 0 Å². The Morgan fingerprint density at radius 1 is 0.724 bits per heavy atom.